The molecule has 0 bridgehead atoms. The van der Waals surface area contributed by atoms with Crippen molar-refractivity contribution in [2.45, 2.75) is 19.4 Å². The van der Waals surface area contributed by atoms with Crippen molar-refractivity contribution in [3.63, 3.8) is 0 Å². The van der Waals surface area contributed by atoms with Gasteiger partial charge in [-0.1, -0.05) is 48.6 Å². The molecule has 0 spiro atoms. The Balaban J connectivity index is 1.80. The van der Waals surface area contributed by atoms with Crippen molar-refractivity contribution in [3.8, 4) is 5.88 Å². The minimum atomic E-state index is -0.00586. The lowest BCUT2D eigenvalue weighted by molar-refractivity contribution is 0.0241. The van der Waals surface area contributed by atoms with E-state index in [0.717, 1.165) is 40.7 Å². The summed E-state index contributed by atoms with van der Waals surface area (Å²) in [5.74, 6) is 0.952. The summed E-state index contributed by atoms with van der Waals surface area (Å²) in [6.07, 6.45) is 0.759. The van der Waals surface area contributed by atoms with Crippen LogP contribution in [0, 0.1) is 0 Å². The van der Waals surface area contributed by atoms with Crippen LogP contribution in [-0.4, -0.2) is 50.9 Å². The van der Waals surface area contributed by atoms with Crippen LogP contribution < -0.4 is 0 Å². The molecule has 3 aromatic rings. The molecular formula is C17H20N4O2S. The first-order valence-electron chi connectivity index (χ1n) is 8.22. The second kappa shape index (κ2) is 6.51. The molecule has 0 aliphatic carbocycles. The molecule has 1 aliphatic heterocycles. The summed E-state index contributed by atoms with van der Waals surface area (Å²) in [4.78, 5) is 8.49. The van der Waals surface area contributed by atoms with Crippen LogP contribution in [-0.2, 0) is 11.2 Å². The van der Waals surface area contributed by atoms with Gasteiger partial charge in [-0.15, -0.1) is 5.10 Å². The van der Waals surface area contributed by atoms with Gasteiger partial charge in [0.25, 0.3) is 0 Å². The van der Waals surface area contributed by atoms with Crippen LogP contribution in [0.2, 0.25) is 0 Å². The number of aromatic nitrogens is 3. The first kappa shape index (κ1) is 15.6. The number of hydrogen-bond donors (Lipinski definition) is 1. The lowest BCUT2D eigenvalue weighted by Gasteiger charge is -2.34. The summed E-state index contributed by atoms with van der Waals surface area (Å²) in [5, 5.41) is 15.2. The van der Waals surface area contributed by atoms with Crippen LogP contribution in [0.4, 0.5) is 0 Å². The van der Waals surface area contributed by atoms with Gasteiger partial charge < -0.3 is 9.84 Å². The Morgan fingerprint density at radius 1 is 1.25 bits per heavy atom. The number of ether oxygens (including phenoxy) is 1. The van der Waals surface area contributed by atoms with E-state index in [1.54, 1.807) is 4.52 Å². The number of aromatic hydroxyl groups is 1. The molecule has 1 fully saturated rings. The second-order valence-electron chi connectivity index (χ2n) is 5.83. The molecule has 3 heterocycles. The van der Waals surface area contributed by atoms with Gasteiger partial charge in [-0.25, -0.2) is 4.98 Å². The topological polar surface area (TPSA) is 62.9 Å². The minimum absolute atomic E-state index is 0.00586. The van der Waals surface area contributed by atoms with Crippen molar-refractivity contribution in [1.29, 1.82) is 0 Å². The molecule has 0 amide bonds. The van der Waals surface area contributed by atoms with Crippen LogP contribution in [0.15, 0.2) is 30.3 Å². The van der Waals surface area contributed by atoms with E-state index in [-0.39, 0.29) is 11.9 Å². The summed E-state index contributed by atoms with van der Waals surface area (Å²) < 4.78 is 7.06. The average molecular weight is 344 g/mol. The van der Waals surface area contributed by atoms with Crippen LogP contribution >= 0.6 is 11.3 Å². The predicted molar refractivity (Wildman–Crippen MR) is 92.6 cm³/mol. The molecule has 1 unspecified atom stereocenters. The number of rotatable bonds is 4. The van der Waals surface area contributed by atoms with Gasteiger partial charge in [-0.2, -0.15) is 4.52 Å². The maximum Gasteiger partial charge on any atom is 0.230 e. The van der Waals surface area contributed by atoms with E-state index in [4.69, 9.17) is 4.74 Å². The highest BCUT2D eigenvalue weighted by molar-refractivity contribution is 7.17. The zero-order chi connectivity index (χ0) is 16.5. The summed E-state index contributed by atoms with van der Waals surface area (Å²) in [6.45, 7) is 5.12. The fourth-order valence-corrected chi connectivity index (χ4v) is 4.25. The highest BCUT2D eigenvalue weighted by atomic mass is 32.1. The number of fused-ring (bicyclic) bond motifs is 1. The molecule has 1 aliphatic rings. The smallest absolute Gasteiger partial charge is 0.230 e. The fourth-order valence-electron chi connectivity index (χ4n) is 3.12. The number of morpholine rings is 1. The maximum absolute atomic E-state index is 10.8. The Morgan fingerprint density at radius 2 is 2.00 bits per heavy atom. The summed E-state index contributed by atoms with van der Waals surface area (Å²) in [7, 11) is 0. The third kappa shape index (κ3) is 2.68. The Labute approximate surface area is 144 Å². The maximum atomic E-state index is 10.8. The van der Waals surface area contributed by atoms with Crippen LogP contribution in [0.5, 0.6) is 5.88 Å². The van der Waals surface area contributed by atoms with Crippen LogP contribution in [0.1, 0.15) is 29.2 Å². The number of nitrogens with zero attached hydrogens (tertiary/aromatic N) is 4. The van der Waals surface area contributed by atoms with Gasteiger partial charge in [0.2, 0.25) is 10.8 Å². The Kier molecular flexibility index (Phi) is 4.22. The molecule has 24 heavy (non-hydrogen) atoms. The Morgan fingerprint density at radius 3 is 2.67 bits per heavy atom. The Bertz CT molecular complexity index is 824. The van der Waals surface area contributed by atoms with E-state index < -0.39 is 0 Å². The normalized spacial score (nSPS) is 17.4. The summed E-state index contributed by atoms with van der Waals surface area (Å²) in [5.41, 5.74) is 1.16. The molecule has 7 heteroatoms. The van der Waals surface area contributed by atoms with Gasteiger partial charge in [-0.05, 0) is 5.56 Å². The first-order chi connectivity index (χ1) is 11.8. The van der Waals surface area contributed by atoms with Crippen molar-refractivity contribution >= 4 is 16.3 Å². The van der Waals surface area contributed by atoms with E-state index in [2.05, 4.69) is 27.1 Å². The lowest BCUT2D eigenvalue weighted by Crippen LogP contribution is -2.39. The molecule has 4 rings (SSSR count). The molecule has 6 nitrogen and oxygen atoms in total. The van der Waals surface area contributed by atoms with E-state index in [1.807, 2.05) is 25.1 Å². The number of benzene rings is 1. The zero-order valence-corrected chi connectivity index (χ0v) is 14.4. The number of hydrogen-bond acceptors (Lipinski definition) is 6. The van der Waals surface area contributed by atoms with Gasteiger partial charge in [0.05, 0.1) is 24.1 Å². The SMILES string of the molecule is CCc1nc2sc(C(c3ccccc3)N3CCOCC3)c(O)n2n1. The fraction of sp³-hybridized carbons (Fsp3) is 0.412. The van der Waals surface area contributed by atoms with Crippen molar-refractivity contribution < 1.29 is 9.84 Å². The molecular weight excluding hydrogens is 324 g/mol. The third-order valence-corrected chi connectivity index (χ3v) is 5.41. The molecule has 0 saturated carbocycles. The van der Waals surface area contributed by atoms with Gasteiger partial charge in [0, 0.05) is 19.5 Å². The van der Waals surface area contributed by atoms with E-state index in [1.165, 1.54) is 11.3 Å². The van der Waals surface area contributed by atoms with Crippen molar-refractivity contribution in [3.05, 3.63) is 46.6 Å². The molecule has 1 aromatic carbocycles. The van der Waals surface area contributed by atoms with Gasteiger partial charge in [0.15, 0.2) is 5.82 Å². The minimum Gasteiger partial charge on any atom is -0.492 e. The van der Waals surface area contributed by atoms with E-state index >= 15 is 0 Å². The molecule has 2 aromatic heterocycles. The molecule has 126 valence electrons. The van der Waals surface area contributed by atoms with Crippen molar-refractivity contribution in [2.24, 2.45) is 0 Å². The summed E-state index contributed by atoms with van der Waals surface area (Å²) >= 11 is 1.51. The molecule has 0 radical (unpaired) electrons. The van der Waals surface area contributed by atoms with Gasteiger partial charge in [0.1, 0.15) is 0 Å². The third-order valence-electron chi connectivity index (χ3n) is 4.33. The standard InChI is InChI=1S/C17H20N4O2S/c1-2-13-18-17-21(19-13)16(22)15(24-17)14(12-6-4-3-5-7-12)20-8-10-23-11-9-20/h3-7,14,22H,2,8-11H2,1H3. The number of aryl methyl sites for hydroxylation is 1. The summed E-state index contributed by atoms with van der Waals surface area (Å²) in [6, 6.07) is 10.3. The largest absolute Gasteiger partial charge is 0.492 e. The highest BCUT2D eigenvalue weighted by Gasteiger charge is 2.30. The lowest BCUT2D eigenvalue weighted by atomic mass is 10.0. The van der Waals surface area contributed by atoms with Gasteiger partial charge >= 0.3 is 0 Å². The van der Waals surface area contributed by atoms with E-state index in [0.29, 0.717) is 13.2 Å². The number of thiazole rings is 1. The second-order valence-corrected chi connectivity index (χ2v) is 6.84. The van der Waals surface area contributed by atoms with Crippen molar-refractivity contribution in [1.82, 2.24) is 19.5 Å². The highest BCUT2D eigenvalue weighted by Crippen LogP contribution is 2.40. The Hall–Kier alpha value is -1.96. The first-order valence-corrected chi connectivity index (χ1v) is 9.03. The van der Waals surface area contributed by atoms with Crippen LogP contribution in [0.3, 0.4) is 0 Å². The average Bonchev–Trinajstić information content (AvgIpc) is 3.17. The predicted octanol–water partition coefficient (Wildman–Crippen LogP) is 2.48. The van der Waals surface area contributed by atoms with Gasteiger partial charge in [-0.3, -0.25) is 4.90 Å². The monoisotopic (exact) mass is 344 g/mol. The zero-order valence-electron chi connectivity index (χ0n) is 13.6. The van der Waals surface area contributed by atoms with Crippen LogP contribution in [0.25, 0.3) is 4.96 Å². The van der Waals surface area contributed by atoms with Crippen molar-refractivity contribution in [2.75, 3.05) is 26.3 Å². The molecule has 1 N–H and O–H groups in total. The quantitative estimate of drug-likeness (QED) is 0.788. The molecule has 1 atom stereocenters. The molecule has 1 saturated heterocycles. The van der Waals surface area contributed by atoms with E-state index in [9.17, 15) is 5.11 Å².